The van der Waals surface area contributed by atoms with Gasteiger partial charge in [-0.15, -0.1) is 0 Å². The Balaban J connectivity index is 2.78. The Labute approximate surface area is 87.3 Å². The summed E-state index contributed by atoms with van der Waals surface area (Å²) in [5.41, 5.74) is 4.20. The first kappa shape index (κ1) is 11.3. The Hall–Kier alpha value is -0.760. The smallest absolute Gasteiger partial charge is 0.0225 e. The third kappa shape index (κ3) is 2.38. The first-order valence-electron chi connectivity index (χ1n) is 5.45. The molecule has 0 saturated heterocycles. The SMILES string of the molecule is CCn1c(C)cc(CNC(C)C)c1C. The molecule has 1 aromatic rings. The standard InChI is InChI=1S/C12H22N2/c1-6-14-10(4)7-12(11(14)5)8-13-9(2)3/h7,9,13H,6,8H2,1-5H3. The Bertz CT molecular complexity index is 298. The third-order valence-corrected chi connectivity index (χ3v) is 2.70. The predicted octanol–water partition coefficient (Wildman–Crippen LogP) is 2.62. The van der Waals surface area contributed by atoms with E-state index in [0.717, 1.165) is 13.1 Å². The molecule has 2 heteroatoms. The minimum Gasteiger partial charge on any atom is -0.349 e. The topological polar surface area (TPSA) is 17.0 Å². The molecule has 0 aliphatic heterocycles. The van der Waals surface area contributed by atoms with E-state index in [-0.39, 0.29) is 0 Å². The maximum atomic E-state index is 3.45. The van der Waals surface area contributed by atoms with E-state index in [9.17, 15) is 0 Å². The Morgan fingerprint density at radius 2 is 2.00 bits per heavy atom. The highest BCUT2D eigenvalue weighted by atomic mass is 15.0. The van der Waals surface area contributed by atoms with E-state index in [1.165, 1.54) is 17.0 Å². The summed E-state index contributed by atoms with van der Waals surface area (Å²) in [4.78, 5) is 0. The maximum absolute atomic E-state index is 3.45. The minimum absolute atomic E-state index is 0.555. The van der Waals surface area contributed by atoms with Gasteiger partial charge in [0.2, 0.25) is 0 Å². The number of aryl methyl sites for hydroxylation is 1. The van der Waals surface area contributed by atoms with Crippen molar-refractivity contribution in [2.75, 3.05) is 0 Å². The monoisotopic (exact) mass is 194 g/mol. The number of nitrogens with zero attached hydrogens (tertiary/aromatic N) is 1. The molecule has 0 aromatic carbocycles. The van der Waals surface area contributed by atoms with Crippen LogP contribution in [0.4, 0.5) is 0 Å². The van der Waals surface area contributed by atoms with Gasteiger partial charge in [-0.3, -0.25) is 0 Å². The van der Waals surface area contributed by atoms with Crippen LogP contribution < -0.4 is 5.32 Å². The Kier molecular flexibility index (Phi) is 3.76. The van der Waals surface area contributed by atoms with Crippen molar-refractivity contribution in [1.29, 1.82) is 0 Å². The lowest BCUT2D eigenvalue weighted by atomic mass is 10.2. The molecule has 80 valence electrons. The maximum Gasteiger partial charge on any atom is 0.0225 e. The van der Waals surface area contributed by atoms with Crippen LogP contribution in [0.3, 0.4) is 0 Å². The molecule has 0 unspecified atom stereocenters. The third-order valence-electron chi connectivity index (χ3n) is 2.70. The van der Waals surface area contributed by atoms with Crippen LogP contribution in [0.15, 0.2) is 6.07 Å². The molecule has 1 heterocycles. The summed E-state index contributed by atoms with van der Waals surface area (Å²) in [7, 11) is 0. The molecule has 0 fully saturated rings. The van der Waals surface area contributed by atoms with Gasteiger partial charge in [0.05, 0.1) is 0 Å². The molecule has 0 atom stereocenters. The molecule has 0 saturated carbocycles. The lowest BCUT2D eigenvalue weighted by molar-refractivity contribution is 0.585. The van der Waals surface area contributed by atoms with Crippen molar-refractivity contribution >= 4 is 0 Å². The van der Waals surface area contributed by atoms with Gasteiger partial charge < -0.3 is 9.88 Å². The van der Waals surface area contributed by atoms with Gasteiger partial charge in [-0.05, 0) is 32.4 Å². The van der Waals surface area contributed by atoms with E-state index in [2.05, 4.69) is 50.6 Å². The van der Waals surface area contributed by atoms with Gasteiger partial charge in [-0.1, -0.05) is 13.8 Å². The highest BCUT2D eigenvalue weighted by Crippen LogP contribution is 2.14. The van der Waals surface area contributed by atoms with Gasteiger partial charge in [-0.25, -0.2) is 0 Å². The van der Waals surface area contributed by atoms with Crippen LogP contribution in [0.25, 0.3) is 0 Å². The summed E-state index contributed by atoms with van der Waals surface area (Å²) in [5, 5.41) is 3.45. The van der Waals surface area contributed by atoms with Crippen molar-refractivity contribution in [2.45, 2.75) is 53.8 Å². The van der Waals surface area contributed by atoms with Crippen molar-refractivity contribution in [3.05, 3.63) is 23.0 Å². The normalized spacial score (nSPS) is 11.3. The second-order valence-electron chi connectivity index (χ2n) is 4.18. The molecule has 0 bridgehead atoms. The Morgan fingerprint density at radius 1 is 1.36 bits per heavy atom. The highest BCUT2D eigenvalue weighted by molar-refractivity contribution is 5.26. The largest absolute Gasteiger partial charge is 0.349 e. The number of hydrogen-bond acceptors (Lipinski definition) is 1. The number of nitrogens with one attached hydrogen (secondary N) is 1. The summed E-state index contributed by atoms with van der Waals surface area (Å²) >= 11 is 0. The zero-order valence-electron chi connectivity index (χ0n) is 10.0. The van der Waals surface area contributed by atoms with Gasteiger partial charge in [0, 0.05) is 30.5 Å². The predicted molar refractivity (Wildman–Crippen MR) is 61.6 cm³/mol. The number of aromatic nitrogens is 1. The lowest BCUT2D eigenvalue weighted by Gasteiger charge is -2.09. The van der Waals surface area contributed by atoms with Crippen LogP contribution in [0.2, 0.25) is 0 Å². The average molecular weight is 194 g/mol. The van der Waals surface area contributed by atoms with E-state index < -0.39 is 0 Å². The van der Waals surface area contributed by atoms with Crippen LogP contribution in [0.5, 0.6) is 0 Å². The van der Waals surface area contributed by atoms with Gasteiger partial charge >= 0.3 is 0 Å². The fourth-order valence-electron chi connectivity index (χ4n) is 1.85. The van der Waals surface area contributed by atoms with Gasteiger partial charge in [0.15, 0.2) is 0 Å². The van der Waals surface area contributed by atoms with Gasteiger partial charge in [-0.2, -0.15) is 0 Å². The Morgan fingerprint density at radius 3 is 2.43 bits per heavy atom. The van der Waals surface area contributed by atoms with Crippen molar-refractivity contribution < 1.29 is 0 Å². The first-order valence-corrected chi connectivity index (χ1v) is 5.45. The zero-order chi connectivity index (χ0) is 10.7. The molecule has 0 aliphatic rings. The second-order valence-corrected chi connectivity index (χ2v) is 4.18. The molecule has 2 nitrogen and oxygen atoms in total. The summed E-state index contributed by atoms with van der Waals surface area (Å²) in [5.74, 6) is 0. The van der Waals surface area contributed by atoms with E-state index in [4.69, 9.17) is 0 Å². The molecule has 0 amide bonds. The molecular weight excluding hydrogens is 172 g/mol. The average Bonchev–Trinajstić information content (AvgIpc) is 2.38. The highest BCUT2D eigenvalue weighted by Gasteiger charge is 2.07. The lowest BCUT2D eigenvalue weighted by Crippen LogP contribution is -2.22. The molecule has 14 heavy (non-hydrogen) atoms. The van der Waals surface area contributed by atoms with Crippen molar-refractivity contribution in [3.8, 4) is 0 Å². The number of hydrogen-bond donors (Lipinski definition) is 1. The van der Waals surface area contributed by atoms with Crippen LogP contribution in [0, 0.1) is 13.8 Å². The fourth-order valence-corrected chi connectivity index (χ4v) is 1.85. The van der Waals surface area contributed by atoms with Crippen LogP contribution in [0.1, 0.15) is 37.7 Å². The van der Waals surface area contributed by atoms with Crippen LogP contribution in [-0.2, 0) is 13.1 Å². The second kappa shape index (κ2) is 4.65. The number of rotatable bonds is 4. The fraction of sp³-hybridized carbons (Fsp3) is 0.667. The van der Waals surface area contributed by atoms with E-state index >= 15 is 0 Å². The quantitative estimate of drug-likeness (QED) is 0.779. The van der Waals surface area contributed by atoms with Crippen molar-refractivity contribution in [1.82, 2.24) is 9.88 Å². The first-order chi connectivity index (χ1) is 6.56. The van der Waals surface area contributed by atoms with Crippen molar-refractivity contribution in [3.63, 3.8) is 0 Å². The van der Waals surface area contributed by atoms with Crippen molar-refractivity contribution in [2.24, 2.45) is 0 Å². The van der Waals surface area contributed by atoms with Crippen LogP contribution in [-0.4, -0.2) is 10.6 Å². The summed E-state index contributed by atoms with van der Waals surface area (Å²) in [6, 6.07) is 2.84. The zero-order valence-corrected chi connectivity index (χ0v) is 10.0. The van der Waals surface area contributed by atoms with E-state index in [0.29, 0.717) is 6.04 Å². The molecule has 1 N–H and O–H groups in total. The molecule has 0 radical (unpaired) electrons. The summed E-state index contributed by atoms with van der Waals surface area (Å²) in [6.45, 7) is 13.0. The molecule has 1 aromatic heterocycles. The van der Waals surface area contributed by atoms with E-state index in [1.807, 2.05) is 0 Å². The molecule has 0 aliphatic carbocycles. The van der Waals surface area contributed by atoms with Crippen LogP contribution >= 0.6 is 0 Å². The molecule has 0 spiro atoms. The molecule has 1 rings (SSSR count). The minimum atomic E-state index is 0.555. The van der Waals surface area contributed by atoms with E-state index in [1.54, 1.807) is 0 Å². The van der Waals surface area contributed by atoms with Gasteiger partial charge in [0.1, 0.15) is 0 Å². The molecular formula is C12H22N2. The summed E-state index contributed by atoms with van der Waals surface area (Å²) < 4.78 is 2.36. The summed E-state index contributed by atoms with van der Waals surface area (Å²) in [6.07, 6.45) is 0. The van der Waals surface area contributed by atoms with Gasteiger partial charge in [0.25, 0.3) is 0 Å².